The van der Waals surface area contributed by atoms with Crippen molar-refractivity contribution in [3.05, 3.63) is 114 Å². The zero-order valence-corrected chi connectivity index (χ0v) is 26.7. The van der Waals surface area contributed by atoms with Crippen LogP contribution in [0.2, 0.25) is 0 Å². The summed E-state index contributed by atoms with van der Waals surface area (Å²) in [4.78, 5) is 24.3. The number of pyridine rings is 2. The predicted molar refractivity (Wildman–Crippen MR) is 182 cm³/mol. The Morgan fingerprint density at radius 1 is 1.15 bits per heavy atom. The van der Waals surface area contributed by atoms with E-state index < -0.39 is 0 Å². The highest BCUT2D eigenvalue weighted by Crippen LogP contribution is 2.44. The highest BCUT2D eigenvalue weighted by molar-refractivity contribution is 7.17. The molecule has 0 spiro atoms. The van der Waals surface area contributed by atoms with Crippen LogP contribution in [0.25, 0.3) is 32.5 Å². The van der Waals surface area contributed by atoms with Gasteiger partial charge in [-0.15, -0.1) is 11.3 Å². The van der Waals surface area contributed by atoms with Crippen LogP contribution in [0.1, 0.15) is 23.9 Å². The second-order valence-corrected chi connectivity index (χ2v) is 12.2. The van der Waals surface area contributed by atoms with Crippen LogP contribution >= 0.6 is 11.3 Å². The standard InChI is InChI=1S/C37H37FN4O3S/c1-3-34(43)42-16-13-31-27(24-42)21-26(23-40-31)36-35-30-12-11-28(38)22-33(30)45-19-18-44-17-8-7-15-39-25(2)9-5-4-6-10-32(41-36)29-14-20-46-37(29)35/h3-9,11-12,14,20-23,25,39H,1,10,13,15-19,24H2,2H3/b6-4-,8-7+,9-5-. The minimum Gasteiger partial charge on any atom is -0.490 e. The third-order valence-corrected chi connectivity index (χ3v) is 9.01. The lowest BCUT2D eigenvalue weighted by atomic mass is 9.95. The van der Waals surface area contributed by atoms with E-state index in [1.807, 2.05) is 18.3 Å². The van der Waals surface area contributed by atoms with Crippen molar-refractivity contribution in [3.63, 3.8) is 0 Å². The van der Waals surface area contributed by atoms with Crippen LogP contribution < -0.4 is 10.1 Å². The van der Waals surface area contributed by atoms with Gasteiger partial charge in [0.25, 0.3) is 0 Å². The number of amides is 1. The molecule has 1 amide bonds. The number of fused-ring (bicyclic) bond motifs is 3. The maximum absolute atomic E-state index is 14.7. The van der Waals surface area contributed by atoms with E-state index in [2.05, 4.69) is 60.6 Å². The number of halogens is 1. The number of benzene rings is 1. The lowest BCUT2D eigenvalue weighted by Gasteiger charge is -2.27. The number of nitrogens with one attached hydrogen (secondary N) is 1. The molecule has 5 heterocycles. The predicted octanol–water partition coefficient (Wildman–Crippen LogP) is 6.83. The van der Waals surface area contributed by atoms with Gasteiger partial charge in [0.1, 0.15) is 18.2 Å². The molecule has 2 aliphatic rings. The van der Waals surface area contributed by atoms with Gasteiger partial charge in [0, 0.05) is 83.3 Å². The first-order valence-corrected chi connectivity index (χ1v) is 16.4. The Morgan fingerprint density at radius 3 is 2.96 bits per heavy atom. The summed E-state index contributed by atoms with van der Waals surface area (Å²) >= 11 is 1.62. The number of thiophene rings is 1. The van der Waals surface area contributed by atoms with E-state index in [4.69, 9.17) is 19.4 Å². The van der Waals surface area contributed by atoms with Gasteiger partial charge in [-0.2, -0.15) is 0 Å². The molecule has 4 aromatic rings. The number of carbonyl (C=O) groups is 1. The average molecular weight is 637 g/mol. The van der Waals surface area contributed by atoms with E-state index in [0.29, 0.717) is 44.9 Å². The zero-order chi connectivity index (χ0) is 31.9. The first-order valence-electron chi connectivity index (χ1n) is 15.5. The normalized spacial score (nSPS) is 19.7. The topological polar surface area (TPSA) is 76.6 Å². The molecular weight excluding hydrogens is 599 g/mol. The summed E-state index contributed by atoms with van der Waals surface area (Å²) in [5.74, 6) is -0.0608. The molecule has 0 saturated carbocycles. The molecule has 9 heteroatoms. The fourth-order valence-electron chi connectivity index (χ4n) is 5.72. The van der Waals surface area contributed by atoms with E-state index in [1.54, 1.807) is 22.3 Å². The van der Waals surface area contributed by atoms with E-state index in [9.17, 15) is 9.18 Å². The number of allylic oxidation sites excluding steroid dienone is 3. The van der Waals surface area contributed by atoms with Crippen LogP contribution in [0.15, 0.2) is 91.0 Å². The number of carbonyl (C=O) groups excluding carboxylic acids is 1. The fraction of sp³-hybridized carbons (Fsp3) is 0.270. The van der Waals surface area contributed by atoms with Crippen LogP contribution in [0, 0.1) is 5.82 Å². The number of nitrogens with zero attached hydrogens (tertiary/aromatic N) is 3. The molecule has 46 heavy (non-hydrogen) atoms. The van der Waals surface area contributed by atoms with Crippen molar-refractivity contribution < 1.29 is 18.7 Å². The summed E-state index contributed by atoms with van der Waals surface area (Å²) in [6, 6.07) is 9.02. The zero-order valence-electron chi connectivity index (χ0n) is 25.9. The molecular formula is C37H37FN4O3S. The van der Waals surface area contributed by atoms with Crippen molar-refractivity contribution in [3.8, 4) is 28.1 Å². The number of rotatable bonds is 2. The van der Waals surface area contributed by atoms with Crippen molar-refractivity contribution in [1.29, 1.82) is 0 Å². The van der Waals surface area contributed by atoms with Crippen LogP contribution in [0.4, 0.5) is 4.39 Å². The molecule has 1 N–H and O–H groups in total. The quantitative estimate of drug-likeness (QED) is 0.192. The van der Waals surface area contributed by atoms with Gasteiger partial charge in [0.2, 0.25) is 5.91 Å². The molecule has 1 aromatic carbocycles. The minimum absolute atomic E-state index is 0.0992. The van der Waals surface area contributed by atoms with E-state index in [-0.39, 0.29) is 24.4 Å². The van der Waals surface area contributed by atoms with Crippen LogP contribution in [-0.4, -0.2) is 59.7 Å². The fourth-order valence-corrected chi connectivity index (χ4v) is 6.70. The van der Waals surface area contributed by atoms with Crippen LogP contribution in [0.5, 0.6) is 5.75 Å². The Morgan fingerprint density at radius 2 is 2.07 bits per heavy atom. The van der Waals surface area contributed by atoms with Gasteiger partial charge in [-0.05, 0) is 48.2 Å². The maximum Gasteiger partial charge on any atom is 0.246 e. The van der Waals surface area contributed by atoms with Crippen LogP contribution in [-0.2, 0) is 28.9 Å². The maximum atomic E-state index is 14.7. The monoisotopic (exact) mass is 636 g/mol. The summed E-state index contributed by atoms with van der Waals surface area (Å²) < 4.78 is 27.6. The van der Waals surface area contributed by atoms with Crippen molar-refractivity contribution in [2.45, 2.75) is 32.4 Å². The molecule has 0 radical (unpaired) electrons. The molecule has 3 aromatic heterocycles. The highest BCUT2D eigenvalue weighted by atomic mass is 32.1. The molecule has 2 bridgehead atoms. The van der Waals surface area contributed by atoms with Gasteiger partial charge in [0.05, 0.1) is 24.6 Å². The SMILES string of the molecule is C=CC(=O)N1CCc2ncc(-c3nc4c5ccsc5c3-c3ccc(F)cc3OCCOC/C=C/CNC(C)/C=C\C=C/C4)cc2C1. The lowest BCUT2D eigenvalue weighted by molar-refractivity contribution is -0.126. The van der Waals surface area contributed by atoms with E-state index in [0.717, 1.165) is 56.0 Å². The molecule has 2 aliphatic heterocycles. The number of aromatic nitrogens is 2. The van der Waals surface area contributed by atoms with Crippen molar-refractivity contribution in [2.24, 2.45) is 0 Å². The van der Waals surface area contributed by atoms with Crippen LogP contribution in [0.3, 0.4) is 0 Å². The minimum atomic E-state index is -0.385. The second-order valence-electron chi connectivity index (χ2n) is 11.2. The summed E-state index contributed by atoms with van der Waals surface area (Å²) in [5.41, 5.74) is 6.04. The van der Waals surface area contributed by atoms with E-state index >= 15 is 0 Å². The number of ether oxygens (including phenoxy) is 2. The molecule has 1 unspecified atom stereocenters. The van der Waals surface area contributed by atoms with Gasteiger partial charge in [0.15, 0.2) is 0 Å². The molecule has 0 saturated heterocycles. The Hall–Kier alpha value is -4.44. The second kappa shape index (κ2) is 14.8. The largest absolute Gasteiger partial charge is 0.490 e. The molecule has 236 valence electrons. The Balaban J connectivity index is 1.49. The summed E-state index contributed by atoms with van der Waals surface area (Å²) in [5, 5.41) is 6.54. The Bertz CT molecular complexity index is 1830. The summed E-state index contributed by atoms with van der Waals surface area (Å²) in [7, 11) is 0. The molecule has 1 atom stereocenters. The molecule has 7 nitrogen and oxygen atoms in total. The highest BCUT2D eigenvalue weighted by Gasteiger charge is 2.24. The first-order chi connectivity index (χ1) is 22.5. The number of hydrogen-bond acceptors (Lipinski definition) is 7. The molecule has 6 rings (SSSR count). The first kappa shape index (κ1) is 31.5. The van der Waals surface area contributed by atoms with Gasteiger partial charge in [-0.25, -0.2) is 4.39 Å². The molecule has 0 aliphatic carbocycles. The van der Waals surface area contributed by atoms with Crippen molar-refractivity contribution in [1.82, 2.24) is 20.2 Å². The lowest BCUT2D eigenvalue weighted by Crippen LogP contribution is -2.35. The van der Waals surface area contributed by atoms with Gasteiger partial charge in [-0.1, -0.05) is 43.0 Å². The van der Waals surface area contributed by atoms with E-state index in [1.165, 1.54) is 18.2 Å². The summed E-state index contributed by atoms with van der Waals surface area (Å²) in [6.45, 7) is 8.63. The van der Waals surface area contributed by atoms with Crippen molar-refractivity contribution >= 4 is 27.3 Å². The third kappa shape index (κ3) is 7.17. The van der Waals surface area contributed by atoms with Gasteiger partial charge < -0.3 is 19.7 Å². The number of hydrogen-bond donors (Lipinski definition) is 1. The van der Waals surface area contributed by atoms with Gasteiger partial charge in [-0.3, -0.25) is 14.8 Å². The Labute approximate surface area is 272 Å². The average Bonchev–Trinajstić information content (AvgIpc) is 3.56. The molecule has 0 fully saturated rings. The summed E-state index contributed by atoms with van der Waals surface area (Å²) in [6.07, 6.45) is 16.9. The third-order valence-electron chi connectivity index (χ3n) is 8.08. The van der Waals surface area contributed by atoms with Gasteiger partial charge >= 0.3 is 0 Å². The van der Waals surface area contributed by atoms with Crippen molar-refractivity contribution in [2.75, 3.05) is 32.9 Å². The Kier molecular flexibility index (Phi) is 10.1. The smallest absolute Gasteiger partial charge is 0.246 e.